The summed E-state index contributed by atoms with van der Waals surface area (Å²) in [7, 11) is 3.91. The molecule has 5 atom stereocenters. The van der Waals surface area contributed by atoms with Gasteiger partial charge < -0.3 is 24.2 Å². The third kappa shape index (κ3) is 2.32. The van der Waals surface area contributed by atoms with Gasteiger partial charge in [-0.1, -0.05) is 31.9 Å². The van der Waals surface area contributed by atoms with Crippen LogP contribution in [0.3, 0.4) is 0 Å². The SMILES string of the molecule is CCCCCOc1cc(OC)c2c3c1C[C@@H]1[C@@H]4C=C[C@H](O)[C@H](O2)[C@]34CCN1C. The molecule has 1 fully saturated rings. The lowest BCUT2D eigenvalue weighted by atomic mass is 9.53. The number of aliphatic hydroxyl groups excluding tert-OH is 1. The van der Waals surface area contributed by atoms with E-state index in [-0.39, 0.29) is 11.5 Å². The van der Waals surface area contributed by atoms with Gasteiger partial charge in [-0.05, 0) is 32.9 Å². The van der Waals surface area contributed by atoms with Crippen LogP contribution in [0.5, 0.6) is 17.2 Å². The fourth-order valence-electron chi connectivity index (χ4n) is 6.09. The summed E-state index contributed by atoms with van der Waals surface area (Å²) < 4.78 is 18.5. The van der Waals surface area contributed by atoms with Gasteiger partial charge in [0.05, 0.1) is 13.7 Å². The molecule has 1 aromatic carbocycles. The lowest BCUT2D eigenvalue weighted by molar-refractivity contribution is -0.0455. The number of piperidine rings is 1. The van der Waals surface area contributed by atoms with Gasteiger partial charge in [-0.15, -0.1) is 0 Å². The first-order valence-corrected chi connectivity index (χ1v) is 10.7. The lowest BCUT2D eigenvalue weighted by Crippen LogP contribution is -2.64. The highest BCUT2D eigenvalue weighted by molar-refractivity contribution is 5.66. The van der Waals surface area contributed by atoms with Crippen LogP contribution in [-0.4, -0.2) is 55.6 Å². The van der Waals surface area contributed by atoms with E-state index in [1.807, 2.05) is 12.1 Å². The van der Waals surface area contributed by atoms with Crippen LogP contribution >= 0.6 is 0 Å². The number of ether oxygens (including phenoxy) is 3. The zero-order valence-corrected chi connectivity index (χ0v) is 17.1. The van der Waals surface area contributed by atoms with Gasteiger partial charge in [0.25, 0.3) is 0 Å². The van der Waals surface area contributed by atoms with Gasteiger partial charge in [0, 0.05) is 34.6 Å². The van der Waals surface area contributed by atoms with Gasteiger partial charge in [0.15, 0.2) is 11.5 Å². The number of likely N-dealkylation sites (N-methyl/N-ethyl adjacent to an activating group) is 1. The highest BCUT2D eigenvalue weighted by Crippen LogP contribution is 2.64. The van der Waals surface area contributed by atoms with Gasteiger partial charge in [-0.2, -0.15) is 0 Å². The summed E-state index contributed by atoms with van der Waals surface area (Å²) in [6, 6.07) is 2.41. The maximum atomic E-state index is 10.8. The van der Waals surface area contributed by atoms with Crippen LogP contribution in [0.15, 0.2) is 18.2 Å². The molecule has 0 radical (unpaired) electrons. The third-order valence-corrected chi connectivity index (χ3v) is 7.45. The van der Waals surface area contributed by atoms with Crippen LogP contribution in [0, 0.1) is 5.92 Å². The van der Waals surface area contributed by atoms with E-state index in [0.29, 0.717) is 12.0 Å². The fraction of sp³-hybridized carbons (Fsp3) is 0.652. The van der Waals surface area contributed by atoms with Crippen molar-refractivity contribution in [1.29, 1.82) is 0 Å². The second-order valence-electron chi connectivity index (χ2n) is 8.80. The molecule has 152 valence electrons. The lowest BCUT2D eigenvalue weighted by Gasteiger charge is -2.56. The largest absolute Gasteiger partial charge is 0.493 e. The second-order valence-corrected chi connectivity index (χ2v) is 8.80. The van der Waals surface area contributed by atoms with E-state index in [2.05, 4.69) is 24.9 Å². The Balaban J connectivity index is 1.66. The summed E-state index contributed by atoms with van der Waals surface area (Å²) in [6.07, 6.45) is 8.71. The normalized spacial score (nSPS) is 34.7. The fourth-order valence-corrected chi connectivity index (χ4v) is 6.09. The van der Waals surface area contributed by atoms with Crippen molar-refractivity contribution in [2.24, 2.45) is 5.92 Å². The maximum Gasteiger partial charge on any atom is 0.166 e. The molecule has 2 aliphatic carbocycles. The van der Waals surface area contributed by atoms with Gasteiger partial charge in [-0.25, -0.2) is 0 Å². The zero-order valence-electron chi connectivity index (χ0n) is 17.1. The number of hydrogen-bond donors (Lipinski definition) is 1. The predicted octanol–water partition coefficient (Wildman–Crippen LogP) is 3.07. The quantitative estimate of drug-likeness (QED) is 0.602. The Morgan fingerprint density at radius 2 is 2.14 bits per heavy atom. The highest BCUT2D eigenvalue weighted by atomic mass is 16.5. The Bertz CT molecular complexity index is 806. The highest BCUT2D eigenvalue weighted by Gasteiger charge is 2.64. The van der Waals surface area contributed by atoms with Crippen LogP contribution in [-0.2, 0) is 11.8 Å². The van der Waals surface area contributed by atoms with Gasteiger partial charge >= 0.3 is 0 Å². The Hall–Kier alpha value is -1.72. The summed E-state index contributed by atoms with van der Waals surface area (Å²) in [5.74, 6) is 2.86. The molecule has 5 nitrogen and oxygen atoms in total. The van der Waals surface area contributed by atoms with E-state index in [0.717, 1.165) is 49.7 Å². The van der Waals surface area contributed by atoms with Crippen LogP contribution in [0.1, 0.15) is 43.7 Å². The molecule has 5 heteroatoms. The van der Waals surface area contributed by atoms with E-state index < -0.39 is 6.10 Å². The first kappa shape index (κ1) is 18.3. The van der Waals surface area contributed by atoms with Crippen LogP contribution in [0.2, 0.25) is 0 Å². The molecule has 2 aliphatic heterocycles. The minimum absolute atomic E-state index is 0.176. The average molecular weight is 386 g/mol. The van der Waals surface area contributed by atoms with Crippen molar-refractivity contribution >= 4 is 0 Å². The average Bonchev–Trinajstić information content (AvgIpc) is 3.05. The van der Waals surface area contributed by atoms with Crippen molar-refractivity contribution in [3.05, 3.63) is 29.3 Å². The second kappa shape index (κ2) is 6.67. The van der Waals surface area contributed by atoms with Crippen molar-refractivity contribution in [2.75, 3.05) is 27.3 Å². The summed E-state index contributed by atoms with van der Waals surface area (Å²) in [4.78, 5) is 2.47. The summed E-state index contributed by atoms with van der Waals surface area (Å²) >= 11 is 0. The van der Waals surface area contributed by atoms with Crippen LogP contribution < -0.4 is 14.2 Å². The Morgan fingerprint density at radius 1 is 1.29 bits per heavy atom. The standard InChI is InChI=1S/C23H31NO4/c1-4-5-6-11-27-18-13-19(26-3)21-20-14(18)12-16-15-7-8-17(25)22(28-21)23(15,20)9-10-24(16)2/h7-8,13,15-17,22,25H,4-6,9-12H2,1-3H3/t15-,16+,17-,22-,23-/m0/s1. The molecule has 0 saturated carbocycles. The molecular weight excluding hydrogens is 354 g/mol. The van der Waals surface area contributed by atoms with E-state index in [1.165, 1.54) is 24.0 Å². The summed E-state index contributed by atoms with van der Waals surface area (Å²) in [6.45, 7) is 3.95. The zero-order chi connectivity index (χ0) is 19.5. The molecule has 1 saturated heterocycles. The number of rotatable bonds is 6. The molecular formula is C23H31NO4. The van der Waals surface area contributed by atoms with Gasteiger partial charge in [0.2, 0.25) is 0 Å². The minimum atomic E-state index is -0.586. The molecule has 0 aromatic heterocycles. The molecule has 2 heterocycles. The number of nitrogens with zero attached hydrogens (tertiary/aromatic N) is 1. The first-order chi connectivity index (χ1) is 13.6. The van der Waals surface area contributed by atoms with Crippen molar-refractivity contribution in [3.8, 4) is 17.2 Å². The first-order valence-electron chi connectivity index (χ1n) is 10.7. The molecule has 1 N–H and O–H groups in total. The molecule has 1 aromatic rings. The van der Waals surface area contributed by atoms with Crippen molar-refractivity contribution < 1.29 is 19.3 Å². The topological polar surface area (TPSA) is 51.2 Å². The number of unbranched alkanes of at least 4 members (excludes halogenated alkanes) is 2. The van der Waals surface area contributed by atoms with E-state index in [4.69, 9.17) is 14.2 Å². The number of methoxy groups -OCH3 is 1. The van der Waals surface area contributed by atoms with Gasteiger partial charge in [0.1, 0.15) is 18.0 Å². The van der Waals surface area contributed by atoms with E-state index >= 15 is 0 Å². The van der Waals surface area contributed by atoms with Crippen molar-refractivity contribution in [1.82, 2.24) is 4.90 Å². The Labute approximate surface area is 167 Å². The summed E-state index contributed by atoms with van der Waals surface area (Å²) in [5, 5.41) is 10.8. The number of aliphatic hydroxyl groups is 1. The number of likely N-dealkylation sites (tertiary alicyclic amines) is 1. The minimum Gasteiger partial charge on any atom is -0.493 e. The van der Waals surface area contributed by atoms with Crippen molar-refractivity contribution in [2.45, 2.75) is 62.7 Å². The van der Waals surface area contributed by atoms with Crippen molar-refractivity contribution in [3.63, 3.8) is 0 Å². The monoisotopic (exact) mass is 385 g/mol. The summed E-state index contributed by atoms with van der Waals surface area (Å²) in [5.41, 5.74) is 2.34. The molecule has 0 amide bonds. The molecule has 0 unspecified atom stereocenters. The molecule has 4 aliphatic rings. The van der Waals surface area contributed by atoms with E-state index in [1.54, 1.807) is 7.11 Å². The number of hydrogen-bond acceptors (Lipinski definition) is 5. The smallest absolute Gasteiger partial charge is 0.166 e. The molecule has 28 heavy (non-hydrogen) atoms. The maximum absolute atomic E-state index is 10.8. The molecule has 5 rings (SSSR count). The molecule has 1 spiro atoms. The van der Waals surface area contributed by atoms with Crippen LogP contribution in [0.25, 0.3) is 0 Å². The Morgan fingerprint density at radius 3 is 2.93 bits per heavy atom. The Kier molecular flexibility index (Phi) is 4.36. The predicted molar refractivity (Wildman–Crippen MR) is 107 cm³/mol. The van der Waals surface area contributed by atoms with E-state index in [9.17, 15) is 5.11 Å². The van der Waals surface area contributed by atoms with Crippen LogP contribution in [0.4, 0.5) is 0 Å². The van der Waals surface area contributed by atoms with Gasteiger partial charge in [-0.3, -0.25) is 0 Å². The number of benzene rings is 1. The molecule has 2 bridgehead atoms. The third-order valence-electron chi connectivity index (χ3n) is 7.45.